The summed E-state index contributed by atoms with van der Waals surface area (Å²) >= 11 is 0. The van der Waals surface area contributed by atoms with E-state index < -0.39 is 17.9 Å². The largest absolute Gasteiger partial charge is 0.451 e. The number of piperidine rings is 1. The van der Waals surface area contributed by atoms with E-state index in [9.17, 15) is 18.0 Å². The highest BCUT2D eigenvalue weighted by molar-refractivity contribution is 5.90. The second kappa shape index (κ2) is 6.43. The number of hydrogen-bond donors (Lipinski definition) is 3. The van der Waals surface area contributed by atoms with Gasteiger partial charge in [0.2, 0.25) is 11.6 Å². The number of carbonyl (C=O) groups is 1. The second-order valence-electron chi connectivity index (χ2n) is 5.84. The summed E-state index contributed by atoms with van der Waals surface area (Å²) in [6, 6.07) is 0.0529. The molecule has 9 nitrogen and oxygen atoms in total. The molecule has 0 aromatic carbocycles. The van der Waals surface area contributed by atoms with Gasteiger partial charge < -0.3 is 10.6 Å². The summed E-state index contributed by atoms with van der Waals surface area (Å²) in [5.41, 5.74) is 0. The van der Waals surface area contributed by atoms with Crippen LogP contribution in [-0.2, 0) is 6.18 Å². The average Bonchev–Trinajstić information content (AvgIpc) is 3.15. The van der Waals surface area contributed by atoms with Crippen molar-refractivity contribution in [1.29, 1.82) is 0 Å². The van der Waals surface area contributed by atoms with Crippen LogP contribution in [0.3, 0.4) is 0 Å². The fourth-order valence-electron chi connectivity index (χ4n) is 2.62. The summed E-state index contributed by atoms with van der Waals surface area (Å²) in [5.74, 6) is -2.01. The highest BCUT2D eigenvalue weighted by Crippen LogP contribution is 2.26. The third-order valence-electron chi connectivity index (χ3n) is 3.98. The van der Waals surface area contributed by atoms with E-state index in [4.69, 9.17) is 0 Å². The fourth-order valence-corrected chi connectivity index (χ4v) is 2.62. The number of hydrogen-bond acceptors (Lipinski definition) is 6. The Labute approximate surface area is 140 Å². The molecule has 0 radical (unpaired) electrons. The number of halogens is 3. The van der Waals surface area contributed by atoms with Gasteiger partial charge in [-0.15, -0.1) is 10.2 Å². The van der Waals surface area contributed by atoms with Gasteiger partial charge in [0.05, 0.1) is 0 Å². The first-order valence-corrected chi connectivity index (χ1v) is 7.73. The van der Waals surface area contributed by atoms with E-state index in [1.807, 2.05) is 6.92 Å². The second-order valence-corrected chi connectivity index (χ2v) is 5.84. The number of nitrogens with one attached hydrogen (secondary N) is 3. The summed E-state index contributed by atoms with van der Waals surface area (Å²) in [6.45, 7) is 4.36. The molecule has 1 saturated heterocycles. The van der Waals surface area contributed by atoms with Gasteiger partial charge in [-0.25, -0.2) is 4.98 Å². The molecule has 2 aromatic rings. The number of nitrogens with zero attached hydrogens (tertiary/aromatic N) is 5. The first-order valence-electron chi connectivity index (χ1n) is 7.73. The van der Waals surface area contributed by atoms with Gasteiger partial charge >= 0.3 is 6.18 Å². The first kappa shape index (κ1) is 17.3. The summed E-state index contributed by atoms with van der Waals surface area (Å²) in [7, 11) is 0. The van der Waals surface area contributed by atoms with Gasteiger partial charge in [0, 0.05) is 12.1 Å². The quantitative estimate of drug-likeness (QED) is 0.740. The Balaban J connectivity index is 1.78. The van der Waals surface area contributed by atoms with Crippen molar-refractivity contribution >= 4 is 5.91 Å². The standard InChI is InChI=1S/C13H17F3N8O/c1-6-8(4-3-5-17-6)19-10(25)9-18-7(2)24(23-9)12-20-11(21-22-12)13(14,15)16/h6,8,17H,3-5H2,1-2H3,(H,19,25)(H,20,21,22). The number of amides is 1. The zero-order chi connectivity index (χ0) is 18.2. The van der Waals surface area contributed by atoms with Crippen LogP contribution in [0.1, 0.15) is 42.0 Å². The van der Waals surface area contributed by atoms with Crippen molar-refractivity contribution in [3.63, 3.8) is 0 Å². The Morgan fingerprint density at radius 1 is 1.36 bits per heavy atom. The fraction of sp³-hybridized carbons (Fsp3) is 0.615. The van der Waals surface area contributed by atoms with Crippen molar-refractivity contribution in [1.82, 2.24) is 40.6 Å². The van der Waals surface area contributed by atoms with Crippen LogP contribution >= 0.6 is 0 Å². The summed E-state index contributed by atoms with van der Waals surface area (Å²) in [5, 5.41) is 15.3. The van der Waals surface area contributed by atoms with E-state index in [-0.39, 0.29) is 29.7 Å². The van der Waals surface area contributed by atoms with Crippen molar-refractivity contribution in [2.75, 3.05) is 6.54 Å². The van der Waals surface area contributed by atoms with Gasteiger partial charge in [0.25, 0.3) is 11.9 Å². The molecule has 25 heavy (non-hydrogen) atoms. The van der Waals surface area contributed by atoms with E-state index in [1.54, 1.807) is 5.10 Å². The maximum Gasteiger partial charge on any atom is 0.451 e. The Morgan fingerprint density at radius 3 is 2.76 bits per heavy atom. The number of H-pyrrole nitrogens is 1. The molecule has 3 rings (SSSR count). The molecule has 1 aliphatic heterocycles. The average molecular weight is 358 g/mol. The number of rotatable bonds is 3. The lowest BCUT2D eigenvalue weighted by Crippen LogP contribution is -2.52. The van der Waals surface area contributed by atoms with E-state index in [0.29, 0.717) is 0 Å². The molecule has 0 saturated carbocycles. The summed E-state index contributed by atoms with van der Waals surface area (Å²) < 4.78 is 38.8. The van der Waals surface area contributed by atoms with Gasteiger partial charge in [-0.2, -0.15) is 22.8 Å². The number of carbonyl (C=O) groups excluding carboxylic acids is 1. The van der Waals surface area contributed by atoms with Gasteiger partial charge in [-0.1, -0.05) is 0 Å². The summed E-state index contributed by atoms with van der Waals surface area (Å²) in [6.07, 6.45) is -2.88. The summed E-state index contributed by atoms with van der Waals surface area (Å²) in [4.78, 5) is 19.6. The zero-order valence-corrected chi connectivity index (χ0v) is 13.6. The Morgan fingerprint density at radius 2 is 2.12 bits per heavy atom. The van der Waals surface area contributed by atoms with Crippen LogP contribution in [0.5, 0.6) is 0 Å². The van der Waals surface area contributed by atoms with Crippen LogP contribution in [0, 0.1) is 6.92 Å². The van der Waals surface area contributed by atoms with Gasteiger partial charge in [-0.05, 0) is 33.2 Å². The third-order valence-corrected chi connectivity index (χ3v) is 3.98. The molecule has 1 aliphatic rings. The van der Waals surface area contributed by atoms with Crippen molar-refractivity contribution in [3.05, 3.63) is 17.5 Å². The molecule has 2 atom stereocenters. The van der Waals surface area contributed by atoms with Crippen LogP contribution in [0.25, 0.3) is 5.95 Å². The molecule has 12 heteroatoms. The normalized spacial score (nSPS) is 21.3. The molecule has 2 aromatic heterocycles. The minimum atomic E-state index is -4.65. The van der Waals surface area contributed by atoms with Crippen LogP contribution in [0.4, 0.5) is 13.2 Å². The molecule has 0 bridgehead atoms. The predicted octanol–water partition coefficient (Wildman–Crippen LogP) is 0.583. The highest BCUT2D eigenvalue weighted by Gasteiger charge is 2.36. The van der Waals surface area contributed by atoms with Crippen molar-refractivity contribution in [2.24, 2.45) is 0 Å². The number of aromatic nitrogens is 6. The SMILES string of the molecule is Cc1nc(C(=O)NC2CCCNC2C)nn1-c1n[nH]c(C(F)(F)F)n1. The van der Waals surface area contributed by atoms with Gasteiger partial charge in [0.1, 0.15) is 5.82 Å². The molecular formula is C13H17F3N8O. The molecule has 3 N–H and O–H groups in total. The first-order chi connectivity index (χ1) is 11.8. The van der Waals surface area contributed by atoms with E-state index >= 15 is 0 Å². The minimum Gasteiger partial charge on any atom is -0.345 e. The number of aryl methyl sites for hydroxylation is 1. The lowest BCUT2D eigenvalue weighted by Gasteiger charge is -2.30. The number of aromatic amines is 1. The third kappa shape index (κ3) is 3.62. The zero-order valence-electron chi connectivity index (χ0n) is 13.6. The lowest BCUT2D eigenvalue weighted by atomic mass is 10.00. The molecule has 0 aliphatic carbocycles. The predicted molar refractivity (Wildman–Crippen MR) is 79.0 cm³/mol. The van der Waals surface area contributed by atoms with E-state index in [1.165, 1.54) is 6.92 Å². The molecule has 2 unspecified atom stereocenters. The molecule has 0 spiro atoms. The topological polar surface area (TPSA) is 113 Å². The van der Waals surface area contributed by atoms with Crippen LogP contribution in [0.15, 0.2) is 0 Å². The molecule has 1 fully saturated rings. The van der Waals surface area contributed by atoms with Crippen molar-refractivity contribution in [2.45, 2.75) is 44.9 Å². The van der Waals surface area contributed by atoms with Gasteiger partial charge in [-0.3, -0.25) is 9.89 Å². The maximum atomic E-state index is 12.6. The molecular weight excluding hydrogens is 341 g/mol. The Kier molecular flexibility index (Phi) is 4.45. The smallest absolute Gasteiger partial charge is 0.345 e. The minimum absolute atomic E-state index is 0.0613. The van der Waals surface area contributed by atoms with E-state index in [2.05, 4.69) is 30.8 Å². The van der Waals surface area contributed by atoms with Crippen LogP contribution in [-0.4, -0.2) is 54.5 Å². The molecule has 136 valence electrons. The van der Waals surface area contributed by atoms with Crippen molar-refractivity contribution < 1.29 is 18.0 Å². The molecule has 3 heterocycles. The van der Waals surface area contributed by atoms with Crippen LogP contribution < -0.4 is 10.6 Å². The Hall–Kier alpha value is -2.50. The Bertz CT molecular complexity index is 768. The monoisotopic (exact) mass is 358 g/mol. The van der Waals surface area contributed by atoms with Crippen LogP contribution in [0.2, 0.25) is 0 Å². The van der Waals surface area contributed by atoms with Crippen molar-refractivity contribution in [3.8, 4) is 5.95 Å². The number of alkyl halides is 3. The molecule has 1 amide bonds. The van der Waals surface area contributed by atoms with Gasteiger partial charge in [0.15, 0.2) is 0 Å². The highest BCUT2D eigenvalue weighted by atomic mass is 19.4. The van der Waals surface area contributed by atoms with E-state index in [0.717, 1.165) is 24.1 Å². The lowest BCUT2D eigenvalue weighted by molar-refractivity contribution is -0.144. The maximum absolute atomic E-state index is 12.6.